The van der Waals surface area contributed by atoms with Gasteiger partial charge in [0.1, 0.15) is 0 Å². The molecule has 0 N–H and O–H groups in total. The number of fused-ring (bicyclic) bond motifs is 1. The lowest BCUT2D eigenvalue weighted by Gasteiger charge is -2.45. The summed E-state index contributed by atoms with van der Waals surface area (Å²) in [7, 11) is -2.78. The Hall–Kier alpha value is -2.86. The van der Waals surface area contributed by atoms with Gasteiger partial charge >= 0.3 is 0 Å². The fourth-order valence-corrected chi connectivity index (χ4v) is 9.81. The lowest BCUT2D eigenvalue weighted by molar-refractivity contribution is 0.0744. The van der Waals surface area contributed by atoms with Gasteiger partial charge in [0.15, 0.2) is 7.36 Å². The fraction of sp³-hybridized carbons (Fsp3) is 0.233. The number of para-hydroxylation sites is 1. The summed E-state index contributed by atoms with van der Waals surface area (Å²) in [5, 5.41) is 7.46. The van der Waals surface area contributed by atoms with Crippen LogP contribution in [0.5, 0.6) is 0 Å². The van der Waals surface area contributed by atoms with Crippen molar-refractivity contribution in [2.24, 2.45) is 9.85 Å². The number of halogens is 2. The second kappa shape index (κ2) is 10.6. The molecule has 9 heteroatoms. The number of nitrogens with zero attached hydrogens (tertiary/aromatic N) is 5. The molecule has 4 aromatic rings. The van der Waals surface area contributed by atoms with Gasteiger partial charge in [-0.2, -0.15) is 5.10 Å². The molecule has 3 heterocycles. The van der Waals surface area contributed by atoms with E-state index in [1.54, 1.807) is 6.07 Å². The van der Waals surface area contributed by atoms with Gasteiger partial charge < -0.3 is 9.30 Å². The van der Waals surface area contributed by atoms with Gasteiger partial charge in [-0.25, -0.2) is 14.2 Å². The average molecular weight is 578 g/mol. The highest BCUT2D eigenvalue weighted by molar-refractivity contribution is 7.73. The third-order valence-corrected chi connectivity index (χ3v) is 11.6. The van der Waals surface area contributed by atoms with Gasteiger partial charge in [-0.15, -0.1) is 0 Å². The standard InChI is InChI=1S/C30H30Cl2N5OP/c1-21-9-12-25(13-10-21)36-22(2)27-20-33-37(26-7-5-4-6-8-26)39(30(27)23(36)3,35-15-17-38-18-16-35)34-29-19-24(31)11-14-28(29)32/h4-14,19-20H,15-18H2,1-3H3/t39-/m1/s1. The summed E-state index contributed by atoms with van der Waals surface area (Å²) in [4.78, 5) is 0. The Labute approximate surface area is 239 Å². The average Bonchev–Trinajstić information content (AvgIpc) is 3.22. The molecule has 0 amide bonds. The Morgan fingerprint density at radius 1 is 0.846 bits per heavy atom. The number of morpholine rings is 1. The van der Waals surface area contributed by atoms with Gasteiger partial charge in [-0.05, 0) is 63.2 Å². The van der Waals surface area contributed by atoms with E-state index in [9.17, 15) is 0 Å². The Morgan fingerprint density at radius 2 is 1.56 bits per heavy atom. The molecular formula is C30H30Cl2N5OP. The van der Waals surface area contributed by atoms with E-state index in [-0.39, 0.29) is 0 Å². The normalized spacial score (nSPS) is 19.3. The van der Waals surface area contributed by atoms with E-state index in [1.807, 2.05) is 36.5 Å². The van der Waals surface area contributed by atoms with Crippen LogP contribution in [-0.2, 0) is 4.74 Å². The van der Waals surface area contributed by atoms with Gasteiger partial charge in [0, 0.05) is 40.8 Å². The Morgan fingerprint density at radius 3 is 2.28 bits per heavy atom. The second-order valence-corrected chi connectivity index (χ2v) is 13.4. The molecule has 39 heavy (non-hydrogen) atoms. The van der Waals surface area contributed by atoms with Crippen LogP contribution < -0.4 is 10.1 Å². The first kappa shape index (κ1) is 26.4. The van der Waals surface area contributed by atoms with Gasteiger partial charge in [0.05, 0.1) is 41.1 Å². The lowest BCUT2D eigenvalue weighted by Crippen LogP contribution is -2.44. The molecule has 6 nitrogen and oxygen atoms in total. The number of ether oxygens (including phenoxy) is 1. The monoisotopic (exact) mass is 577 g/mol. The van der Waals surface area contributed by atoms with Crippen molar-refractivity contribution in [2.75, 3.05) is 31.1 Å². The van der Waals surface area contributed by atoms with Crippen molar-refractivity contribution < 1.29 is 4.74 Å². The molecule has 0 unspecified atom stereocenters. The first-order chi connectivity index (χ1) is 18.9. The number of aryl methyl sites for hydroxylation is 1. The van der Waals surface area contributed by atoms with E-state index < -0.39 is 7.36 Å². The Balaban J connectivity index is 1.73. The summed E-state index contributed by atoms with van der Waals surface area (Å²) in [5.41, 5.74) is 7.35. The fourth-order valence-electron chi connectivity index (χ4n) is 5.49. The van der Waals surface area contributed by atoms with Crippen LogP contribution in [0.2, 0.25) is 10.0 Å². The van der Waals surface area contributed by atoms with E-state index in [1.165, 1.54) is 10.9 Å². The molecular weight excluding hydrogens is 548 g/mol. The van der Waals surface area contributed by atoms with Gasteiger partial charge in [0.2, 0.25) is 0 Å². The molecule has 0 saturated carbocycles. The van der Waals surface area contributed by atoms with Gasteiger partial charge in [-0.3, -0.25) is 0 Å². The van der Waals surface area contributed by atoms with Crippen LogP contribution in [0, 0.1) is 20.8 Å². The molecule has 0 aliphatic carbocycles. The minimum atomic E-state index is -2.78. The van der Waals surface area contributed by atoms with Crippen LogP contribution in [0.3, 0.4) is 0 Å². The number of hydrogen-bond acceptors (Lipinski definition) is 3. The summed E-state index contributed by atoms with van der Waals surface area (Å²) in [5.74, 6) is 0. The van der Waals surface area contributed by atoms with Crippen LogP contribution in [-0.4, -0.2) is 41.8 Å². The molecule has 0 radical (unpaired) electrons. The molecule has 1 atom stereocenters. The molecule has 0 spiro atoms. The molecule has 2 aliphatic rings. The summed E-state index contributed by atoms with van der Waals surface area (Å²) in [6.07, 6.45) is 1.99. The van der Waals surface area contributed by atoms with Crippen molar-refractivity contribution in [3.63, 3.8) is 0 Å². The van der Waals surface area contributed by atoms with E-state index in [0.717, 1.165) is 41.4 Å². The van der Waals surface area contributed by atoms with Crippen molar-refractivity contribution in [1.82, 2.24) is 9.24 Å². The van der Waals surface area contributed by atoms with E-state index in [0.29, 0.717) is 28.9 Å². The highest BCUT2D eigenvalue weighted by Gasteiger charge is 2.45. The topological polar surface area (TPSA) is 45.4 Å². The molecule has 6 rings (SSSR count). The van der Waals surface area contributed by atoms with Crippen molar-refractivity contribution in [3.8, 4) is 5.69 Å². The minimum Gasteiger partial charge on any atom is -0.379 e. The largest absolute Gasteiger partial charge is 0.379 e. The first-order valence-corrected chi connectivity index (χ1v) is 15.4. The zero-order valence-electron chi connectivity index (χ0n) is 22.2. The summed E-state index contributed by atoms with van der Waals surface area (Å²) in [6.45, 7) is 9.16. The molecule has 200 valence electrons. The summed E-state index contributed by atoms with van der Waals surface area (Å²) >= 11 is 13.3. The number of rotatable bonds is 4. The van der Waals surface area contributed by atoms with Crippen LogP contribution in [0.1, 0.15) is 22.5 Å². The van der Waals surface area contributed by atoms with Crippen LogP contribution >= 0.6 is 30.6 Å². The number of aromatic nitrogens is 1. The summed E-state index contributed by atoms with van der Waals surface area (Å²) in [6, 6.07) is 24.4. The van der Waals surface area contributed by atoms with Crippen LogP contribution in [0.4, 0.5) is 11.4 Å². The summed E-state index contributed by atoms with van der Waals surface area (Å²) < 4.78 is 18.4. The van der Waals surface area contributed by atoms with Crippen molar-refractivity contribution in [3.05, 3.63) is 105 Å². The maximum atomic E-state index is 6.78. The zero-order chi connectivity index (χ0) is 27.1. The predicted molar refractivity (Wildman–Crippen MR) is 164 cm³/mol. The molecule has 2 aliphatic heterocycles. The van der Waals surface area contributed by atoms with E-state index in [4.69, 9.17) is 37.8 Å². The molecule has 1 saturated heterocycles. The number of hydrogen-bond donors (Lipinski definition) is 0. The maximum absolute atomic E-state index is 6.78. The predicted octanol–water partition coefficient (Wildman–Crippen LogP) is 7.88. The van der Waals surface area contributed by atoms with E-state index in [2.05, 4.69) is 71.2 Å². The van der Waals surface area contributed by atoms with E-state index >= 15 is 0 Å². The zero-order valence-corrected chi connectivity index (χ0v) is 24.6. The van der Waals surface area contributed by atoms with Crippen LogP contribution in [0.25, 0.3) is 5.69 Å². The maximum Gasteiger partial charge on any atom is 0.179 e. The quantitative estimate of drug-likeness (QED) is 0.232. The third kappa shape index (κ3) is 4.55. The molecule has 3 aromatic carbocycles. The minimum absolute atomic E-state index is 0.559. The smallest absolute Gasteiger partial charge is 0.179 e. The number of benzene rings is 3. The molecule has 1 aromatic heterocycles. The van der Waals surface area contributed by atoms with Gasteiger partial charge in [0.25, 0.3) is 0 Å². The SMILES string of the molecule is Cc1ccc(-n2c(C)c3c(c2C)[P@@](=Nc2cc(Cl)ccc2Cl)(N2CCOCC2)N(c2ccccc2)N=C3)cc1. The third-order valence-electron chi connectivity index (χ3n) is 7.34. The highest BCUT2D eigenvalue weighted by Crippen LogP contribution is 2.62. The second-order valence-electron chi connectivity index (χ2n) is 9.80. The lowest BCUT2D eigenvalue weighted by atomic mass is 10.2. The molecule has 1 fully saturated rings. The molecule has 0 bridgehead atoms. The first-order valence-electron chi connectivity index (χ1n) is 13.0. The van der Waals surface area contributed by atoms with Crippen molar-refractivity contribution in [1.29, 1.82) is 0 Å². The number of anilines is 1. The van der Waals surface area contributed by atoms with Crippen molar-refractivity contribution in [2.45, 2.75) is 20.8 Å². The highest BCUT2D eigenvalue weighted by atomic mass is 35.5. The Bertz CT molecular complexity index is 1610. The van der Waals surface area contributed by atoms with Gasteiger partial charge in [-0.1, -0.05) is 59.1 Å². The Kier molecular flexibility index (Phi) is 7.17. The van der Waals surface area contributed by atoms with Crippen molar-refractivity contribution >= 4 is 53.5 Å². The van der Waals surface area contributed by atoms with Crippen LogP contribution in [0.15, 0.2) is 82.6 Å². The number of hydrazone groups is 1.